The highest BCUT2D eigenvalue weighted by Gasteiger charge is 2.71. The normalized spacial score (nSPS) is 31.3. The molecule has 0 atom stereocenters. The lowest BCUT2D eigenvalue weighted by molar-refractivity contribution is -0.266. The predicted octanol–water partition coefficient (Wildman–Crippen LogP) is 5.78. The van der Waals surface area contributed by atoms with Gasteiger partial charge in [-0.3, -0.25) is 4.55 Å². The van der Waals surface area contributed by atoms with Gasteiger partial charge in [0.2, 0.25) is 0 Å². The molecule has 4 nitrogen and oxygen atoms in total. The van der Waals surface area contributed by atoms with Gasteiger partial charge < -0.3 is 4.74 Å². The second-order valence-corrected chi connectivity index (χ2v) is 11.3. The van der Waals surface area contributed by atoms with Crippen LogP contribution in [0.5, 0.6) is 0 Å². The van der Waals surface area contributed by atoms with Gasteiger partial charge in [0.05, 0.1) is 13.0 Å². The summed E-state index contributed by atoms with van der Waals surface area (Å²) in [4.78, 5) is 0. The minimum Gasteiger partial charge on any atom is -0.381 e. The lowest BCUT2D eigenvalue weighted by atomic mass is 9.50. The molecule has 32 heavy (non-hydrogen) atoms. The fourth-order valence-corrected chi connectivity index (χ4v) is 6.48. The van der Waals surface area contributed by atoms with E-state index in [9.17, 15) is 43.5 Å². The minimum absolute atomic E-state index is 0.0371. The van der Waals surface area contributed by atoms with Gasteiger partial charge in [0.1, 0.15) is 0 Å². The van der Waals surface area contributed by atoms with Crippen molar-refractivity contribution in [3.8, 4) is 0 Å². The molecule has 0 aliphatic heterocycles. The molecular formula is C19H26F8O4S. The molecule has 0 aromatic rings. The van der Waals surface area contributed by atoms with Crippen LogP contribution in [-0.2, 0) is 14.9 Å². The molecule has 0 heterocycles. The SMILES string of the molecule is O=S(=O)(O)C(F)(F)C(F)(F)CC(F)(F)C(F)(F)CCCOCC12CC3CC(CC(C3)C1)C2. The van der Waals surface area contributed by atoms with Crippen LogP contribution < -0.4 is 0 Å². The maximum atomic E-state index is 13.9. The van der Waals surface area contributed by atoms with Gasteiger partial charge in [-0.2, -0.15) is 43.5 Å². The van der Waals surface area contributed by atoms with Gasteiger partial charge in [0.15, 0.2) is 0 Å². The Morgan fingerprint density at radius 3 is 1.72 bits per heavy atom. The Kier molecular flexibility index (Phi) is 6.65. The third-order valence-corrected chi connectivity index (χ3v) is 8.03. The third kappa shape index (κ3) is 4.89. The van der Waals surface area contributed by atoms with Crippen LogP contribution in [0.1, 0.15) is 57.8 Å². The molecule has 0 aromatic carbocycles. The van der Waals surface area contributed by atoms with Crippen molar-refractivity contribution in [2.45, 2.75) is 80.8 Å². The van der Waals surface area contributed by atoms with E-state index >= 15 is 0 Å². The quantitative estimate of drug-likeness (QED) is 0.221. The van der Waals surface area contributed by atoms with Gasteiger partial charge in [0, 0.05) is 13.0 Å². The molecule has 0 amide bonds. The molecule has 0 saturated heterocycles. The Morgan fingerprint density at radius 2 is 1.28 bits per heavy atom. The summed E-state index contributed by atoms with van der Waals surface area (Å²) in [5, 5.41) is -6.35. The van der Waals surface area contributed by atoms with Crippen molar-refractivity contribution in [2.24, 2.45) is 23.2 Å². The second-order valence-electron chi connectivity index (χ2n) is 9.86. The van der Waals surface area contributed by atoms with E-state index in [1.165, 1.54) is 19.3 Å². The van der Waals surface area contributed by atoms with Crippen LogP contribution in [0.2, 0.25) is 0 Å². The first-order chi connectivity index (χ1) is 14.4. The minimum atomic E-state index is -6.80. The number of hydrogen-bond donors (Lipinski definition) is 1. The highest BCUT2D eigenvalue weighted by atomic mass is 32.2. The van der Waals surface area contributed by atoms with Crippen molar-refractivity contribution >= 4 is 10.1 Å². The van der Waals surface area contributed by atoms with Gasteiger partial charge in [-0.15, -0.1) is 0 Å². The molecule has 4 fully saturated rings. The first-order valence-corrected chi connectivity index (χ1v) is 11.9. The van der Waals surface area contributed by atoms with E-state index in [4.69, 9.17) is 9.29 Å². The lowest BCUT2D eigenvalue weighted by Gasteiger charge is -2.56. The molecule has 0 spiro atoms. The summed E-state index contributed by atoms with van der Waals surface area (Å²) in [5.41, 5.74) is -0.0371. The Balaban J connectivity index is 1.50. The van der Waals surface area contributed by atoms with Crippen LogP contribution in [0, 0.1) is 23.2 Å². The average molecular weight is 502 g/mol. The average Bonchev–Trinajstić information content (AvgIpc) is 2.57. The number of hydrogen-bond acceptors (Lipinski definition) is 3. The fraction of sp³-hybridized carbons (Fsp3) is 1.00. The van der Waals surface area contributed by atoms with Crippen molar-refractivity contribution < 1.29 is 52.8 Å². The van der Waals surface area contributed by atoms with Gasteiger partial charge >= 0.3 is 33.1 Å². The van der Waals surface area contributed by atoms with Crippen molar-refractivity contribution in [2.75, 3.05) is 13.2 Å². The molecular weight excluding hydrogens is 476 g/mol. The van der Waals surface area contributed by atoms with Crippen LogP contribution in [-0.4, -0.2) is 49.2 Å². The Morgan fingerprint density at radius 1 is 0.812 bits per heavy atom. The molecule has 0 aromatic heterocycles. The maximum Gasteiger partial charge on any atom is 0.431 e. The summed E-state index contributed by atoms with van der Waals surface area (Å²) in [7, 11) is -6.80. The zero-order chi connectivity index (χ0) is 24.2. The van der Waals surface area contributed by atoms with Crippen LogP contribution in [0.15, 0.2) is 0 Å². The first-order valence-electron chi connectivity index (χ1n) is 10.5. The van der Waals surface area contributed by atoms with E-state index in [1.54, 1.807) is 0 Å². The van der Waals surface area contributed by atoms with Gasteiger partial charge in [0.25, 0.3) is 0 Å². The standard InChI is InChI=1S/C19H26F8O4S/c20-16(21,17(22,23)10-18(24,25)19(26,27)32(28,29)30)2-1-3-31-11-15-7-12-4-13(8-15)6-14(5-12)9-15/h12-14H,1-11H2,(H,28,29,30). The van der Waals surface area contributed by atoms with Crippen molar-refractivity contribution in [1.29, 1.82) is 0 Å². The second kappa shape index (κ2) is 8.21. The number of rotatable bonds is 11. The highest BCUT2D eigenvalue weighted by Crippen LogP contribution is 2.60. The fourth-order valence-electron chi connectivity index (χ4n) is 6.03. The maximum absolute atomic E-state index is 13.9. The largest absolute Gasteiger partial charge is 0.431 e. The monoisotopic (exact) mass is 502 g/mol. The van der Waals surface area contributed by atoms with Gasteiger partial charge in [-0.1, -0.05) is 0 Å². The molecule has 4 rings (SSSR count). The topological polar surface area (TPSA) is 63.6 Å². The Hall–Kier alpha value is -0.690. The highest BCUT2D eigenvalue weighted by molar-refractivity contribution is 7.87. The zero-order valence-electron chi connectivity index (χ0n) is 17.1. The number of ether oxygens (including phenoxy) is 1. The summed E-state index contributed by atoms with van der Waals surface area (Å²) >= 11 is 0. The van der Waals surface area contributed by atoms with E-state index < -0.39 is 52.4 Å². The molecule has 0 unspecified atom stereocenters. The summed E-state index contributed by atoms with van der Waals surface area (Å²) in [6.45, 7) is -0.0257. The van der Waals surface area contributed by atoms with Gasteiger partial charge in [-0.25, -0.2) is 0 Å². The molecule has 4 saturated carbocycles. The van der Waals surface area contributed by atoms with E-state index in [1.807, 2.05) is 0 Å². The number of halogens is 8. The molecule has 4 aliphatic carbocycles. The molecule has 4 bridgehead atoms. The number of alkyl halides is 8. The van der Waals surface area contributed by atoms with Crippen LogP contribution in [0.3, 0.4) is 0 Å². The smallest absolute Gasteiger partial charge is 0.381 e. The summed E-state index contributed by atoms with van der Waals surface area (Å²) in [6.07, 6.45) is 0.780. The Bertz CT molecular complexity index is 764. The van der Waals surface area contributed by atoms with E-state index in [0.717, 1.165) is 19.3 Å². The molecule has 4 aliphatic rings. The van der Waals surface area contributed by atoms with Crippen LogP contribution in [0.4, 0.5) is 35.1 Å². The lowest BCUT2D eigenvalue weighted by Crippen LogP contribution is -2.53. The van der Waals surface area contributed by atoms with Crippen molar-refractivity contribution in [3.05, 3.63) is 0 Å². The van der Waals surface area contributed by atoms with E-state index in [2.05, 4.69) is 0 Å². The van der Waals surface area contributed by atoms with Crippen LogP contribution in [0.25, 0.3) is 0 Å². The summed E-state index contributed by atoms with van der Waals surface area (Å²) in [5.74, 6) is -15.0. The zero-order valence-corrected chi connectivity index (χ0v) is 17.9. The first kappa shape index (κ1) is 25.9. The Labute approximate surface area is 180 Å². The molecule has 13 heteroatoms. The summed E-state index contributed by atoms with van der Waals surface area (Å²) in [6, 6.07) is 0. The molecule has 0 radical (unpaired) electrons. The predicted molar refractivity (Wildman–Crippen MR) is 96.6 cm³/mol. The molecule has 188 valence electrons. The third-order valence-electron chi connectivity index (χ3n) is 7.08. The molecule has 1 N–H and O–H groups in total. The van der Waals surface area contributed by atoms with Crippen LogP contribution >= 0.6 is 0 Å². The van der Waals surface area contributed by atoms with Gasteiger partial charge in [-0.05, 0) is 68.1 Å². The summed E-state index contributed by atoms with van der Waals surface area (Å²) < 4.78 is 143. The van der Waals surface area contributed by atoms with E-state index in [0.29, 0.717) is 24.4 Å². The van der Waals surface area contributed by atoms with Crippen molar-refractivity contribution in [1.82, 2.24) is 0 Å². The van der Waals surface area contributed by atoms with Crippen molar-refractivity contribution in [3.63, 3.8) is 0 Å². The van der Waals surface area contributed by atoms with E-state index in [-0.39, 0.29) is 12.0 Å².